The largest absolute Gasteiger partial charge is 0.326 e. The maximum absolute atomic E-state index is 6.05. The van der Waals surface area contributed by atoms with Crippen molar-refractivity contribution in [2.24, 2.45) is 17.4 Å². The van der Waals surface area contributed by atoms with Crippen molar-refractivity contribution in [3.05, 3.63) is 35.9 Å². The molecule has 0 heterocycles. The highest BCUT2D eigenvalue weighted by molar-refractivity contribution is 5.20. The molecule has 2 atom stereocenters. The van der Waals surface area contributed by atoms with Crippen LogP contribution in [0.5, 0.6) is 0 Å². The third-order valence-electron chi connectivity index (χ3n) is 2.77. The van der Waals surface area contributed by atoms with Crippen molar-refractivity contribution >= 4 is 0 Å². The van der Waals surface area contributed by atoms with Gasteiger partial charge in [0.2, 0.25) is 0 Å². The van der Waals surface area contributed by atoms with Gasteiger partial charge in [0.05, 0.1) is 0 Å². The summed E-state index contributed by atoms with van der Waals surface area (Å²) in [6.07, 6.45) is 2.50. The van der Waals surface area contributed by atoms with Crippen molar-refractivity contribution in [3.63, 3.8) is 0 Å². The predicted octanol–water partition coefficient (Wildman–Crippen LogP) is 1.42. The van der Waals surface area contributed by atoms with Crippen LogP contribution >= 0.6 is 0 Å². The van der Waals surface area contributed by atoms with Crippen molar-refractivity contribution in [3.8, 4) is 0 Å². The molecular weight excluding hydrogens is 160 g/mol. The van der Waals surface area contributed by atoms with Crippen LogP contribution in [0.1, 0.15) is 24.4 Å². The standard InChI is InChI=1S/C11H16N2/c12-10(11(13)9-6-7-9)8-4-2-1-3-5-8/h1-5,9-11H,6-7,12-13H2. The Labute approximate surface area is 78.9 Å². The Morgan fingerprint density at radius 2 is 1.69 bits per heavy atom. The first kappa shape index (κ1) is 8.73. The van der Waals surface area contributed by atoms with E-state index in [0.29, 0.717) is 5.92 Å². The Hall–Kier alpha value is -0.860. The summed E-state index contributed by atoms with van der Waals surface area (Å²) in [5.74, 6) is 0.662. The van der Waals surface area contributed by atoms with Gasteiger partial charge in [0.15, 0.2) is 0 Å². The number of rotatable bonds is 3. The van der Waals surface area contributed by atoms with E-state index in [1.807, 2.05) is 30.3 Å². The monoisotopic (exact) mass is 176 g/mol. The molecule has 70 valence electrons. The molecular formula is C11H16N2. The molecule has 2 unspecified atom stereocenters. The van der Waals surface area contributed by atoms with Crippen LogP contribution in [0.25, 0.3) is 0 Å². The van der Waals surface area contributed by atoms with Gasteiger partial charge in [-0.1, -0.05) is 30.3 Å². The van der Waals surface area contributed by atoms with Gasteiger partial charge in [0.25, 0.3) is 0 Å². The van der Waals surface area contributed by atoms with E-state index in [9.17, 15) is 0 Å². The molecule has 2 rings (SSSR count). The molecule has 0 radical (unpaired) electrons. The highest BCUT2D eigenvalue weighted by Crippen LogP contribution is 2.35. The van der Waals surface area contributed by atoms with Crippen LogP contribution in [0.3, 0.4) is 0 Å². The first-order chi connectivity index (χ1) is 6.29. The summed E-state index contributed by atoms with van der Waals surface area (Å²) < 4.78 is 0. The van der Waals surface area contributed by atoms with Gasteiger partial charge in [-0.05, 0) is 24.3 Å². The van der Waals surface area contributed by atoms with Crippen LogP contribution in [-0.4, -0.2) is 6.04 Å². The van der Waals surface area contributed by atoms with Gasteiger partial charge in [-0.25, -0.2) is 0 Å². The van der Waals surface area contributed by atoms with Gasteiger partial charge >= 0.3 is 0 Å². The summed E-state index contributed by atoms with van der Waals surface area (Å²) in [6, 6.07) is 10.3. The van der Waals surface area contributed by atoms with E-state index >= 15 is 0 Å². The normalized spacial score (nSPS) is 21.1. The zero-order valence-electron chi connectivity index (χ0n) is 7.69. The van der Waals surface area contributed by atoms with Gasteiger partial charge in [-0.15, -0.1) is 0 Å². The van der Waals surface area contributed by atoms with E-state index < -0.39 is 0 Å². The summed E-state index contributed by atoms with van der Waals surface area (Å²) >= 11 is 0. The third-order valence-corrected chi connectivity index (χ3v) is 2.77. The summed E-state index contributed by atoms with van der Waals surface area (Å²) in [5.41, 5.74) is 13.2. The minimum Gasteiger partial charge on any atom is -0.326 e. The quantitative estimate of drug-likeness (QED) is 0.732. The molecule has 0 aromatic heterocycles. The molecule has 13 heavy (non-hydrogen) atoms. The van der Waals surface area contributed by atoms with Crippen molar-refractivity contribution in [2.75, 3.05) is 0 Å². The lowest BCUT2D eigenvalue weighted by atomic mass is 9.98. The van der Waals surface area contributed by atoms with E-state index in [1.165, 1.54) is 12.8 Å². The average molecular weight is 176 g/mol. The molecule has 1 aliphatic carbocycles. The van der Waals surface area contributed by atoms with E-state index in [2.05, 4.69) is 0 Å². The zero-order valence-corrected chi connectivity index (χ0v) is 7.69. The minimum atomic E-state index is 0.00806. The fraction of sp³-hybridized carbons (Fsp3) is 0.455. The van der Waals surface area contributed by atoms with Crippen molar-refractivity contribution < 1.29 is 0 Å². The number of hydrogen-bond acceptors (Lipinski definition) is 2. The fourth-order valence-corrected chi connectivity index (χ4v) is 1.67. The van der Waals surface area contributed by atoms with Gasteiger partial charge in [-0.2, -0.15) is 0 Å². The minimum absolute atomic E-state index is 0.00806. The topological polar surface area (TPSA) is 52.0 Å². The van der Waals surface area contributed by atoms with Crippen LogP contribution in [0.15, 0.2) is 30.3 Å². The van der Waals surface area contributed by atoms with Gasteiger partial charge in [0, 0.05) is 12.1 Å². The Kier molecular flexibility index (Phi) is 2.34. The highest BCUT2D eigenvalue weighted by Gasteiger charge is 2.32. The molecule has 1 aliphatic rings. The summed E-state index contributed by atoms with van der Waals surface area (Å²) in [5, 5.41) is 0. The predicted molar refractivity (Wildman–Crippen MR) is 54.1 cm³/mol. The Bertz CT molecular complexity index is 267. The molecule has 2 heteroatoms. The molecule has 0 amide bonds. The lowest BCUT2D eigenvalue weighted by molar-refractivity contribution is 0.494. The maximum Gasteiger partial charge on any atom is 0.0451 e. The Balaban J connectivity index is 2.07. The Morgan fingerprint density at radius 3 is 2.23 bits per heavy atom. The number of benzene rings is 1. The molecule has 4 N–H and O–H groups in total. The van der Waals surface area contributed by atoms with Crippen LogP contribution in [0, 0.1) is 5.92 Å². The van der Waals surface area contributed by atoms with Crippen LogP contribution in [-0.2, 0) is 0 Å². The first-order valence-electron chi connectivity index (χ1n) is 4.85. The summed E-state index contributed by atoms with van der Waals surface area (Å²) in [7, 11) is 0. The zero-order chi connectivity index (χ0) is 9.26. The van der Waals surface area contributed by atoms with Crippen molar-refractivity contribution in [2.45, 2.75) is 24.9 Å². The summed E-state index contributed by atoms with van der Waals surface area (Å²) in [6.45, 7) is 0. The third kappa shape index (κ3) is 1.90. The smallest absolute Gasteiger partial charge is 0.0451 e. The molecule has 0 spiro atoms. The highest BCUT2D eigenvalue weighted by atomic mass is 14.8. The van der Waals surface area contributed by atoms with Crippen molar-refractivity contribution in [1.82, 2.24) is 0 Å². The second-order valence-corrected chi connectivity index (χ2v) is 3.85. The Morgan fingerprint density at radius 1 is 1.08 bits per heavy atom. The number of hydrogen-bond donors (Lipinski definition) is 2. The lowest BCUT2D eigenvalue weighted by Crippen LogP contribution is -2.35. The summed E-state index contributed by atoms with van der Waals surface area (Å²) in [4.78, 5) is 0. The molecule has 1 fully saturated rings. The fourth-order valence-electron chi connectivity index (χ4n) is 1.67. The molecule has 1 saturated carbocycles. The van der Waals surface area contributed by atoms with E-state index in [0.717, 1.165) is 5.56 Å². The van der Waals surface area contributed by atoms with Crippen LogP contribution in [0.4, 0.5) is 0 Å². The molecule has 0 saturated heterocycles. The lowest BCUT2D eigenvalue weighted by Gasteiger charge is -2.19. The molecule has 2 nitrogen and oxygen atoms in total. The van der Waals surface area contributed by atoms with Crippen LogP contribution < -0.4 is 11.5 Å². The second-order valence-electron chi connectivity index (χ2n) is 3.85. The van der Waals surface area contributed by atoms with Crippen molar-refractivity contribution in [1.29, 1.82) is 0 Å². The van der Waals surface area contributed by atoms with E-state index in [-0.39, 0.29) is 12.1 Å². The molecule has 0 bridgehead atoms. The SMILES string of the molecule is NC(c1ccccc1)C(N)C1CC1. The van der Waals surface area contributed by atoms with Crippen LogP contribution in [0.2, 0.25) is 0 Å². The first-order valence-corrected chi connectivity index (χ1v) is 4.85. The van der Waals surface area contributed by atoms with Gasteiger partial charge in [0.1, 0.15) is 0 Å². The maximum atomic E-state index is 6.05. The molecule has 1 aromatic rings. The van der Waals surface area contributed by atoms with Gasteiger partial charge < -0.3 is 11.5 Å². The van der Waals surface area contributed by atoms with E-state index in [1.54, 1.807) is 0 Å². The van der Waals surface area contributed by atoms with Gasteiger partial charge in [-0.3, -0.25) is 0 Å². The molecule has 0 aliphatic heterocycles. The molecule has 1 aromatic carbocycles. The number of nitrogens with two attached hydrogens (primary N) is 2. The average Bonchev–Trinajstić information content (AvgIpc) is 3.00. The van der Waals surface area contributed by atoms with E-state index in [4.69, 9.17) is 11.5 Å². The second kappa shape index (κ2) is 3.48.